The van der Waals surface area contributed by atoms with E-state index in [1.807, 2.05) is 0 Å². The Morgan fingerprint density at radius 2 is 1.61 bits per heavy atom. The summed E-state index contributed by atoms with van der Waals surface area (Å²) >= 11 is 0. The third-order valence-electron chi connectivity index (χ3n) is 5.13. The van der Waals surface area contributed by atoms with Crippen LogP contribution in [0, 0.1) is 5.82 Å². The first kappa shape index (κ1) is 22.9. The van der Waals surface area contributed by atoms with E-state index in [4.69, 9.17) is 9.47 Å². The molecule has 9 heteroatoms. The van der Waals surface area contributed by atoms with Gasteiger partial charge in [0.2, 0.25) is 10.0 Å². The molecule has 1 aliphatic rings. The topological polar surface area (TPSA) is 84.9 Å². The summed E-state index contributed by atoms with van der Waals surface area (Å²) in [6, 6.07) is 18.8. The van der Waals surface area contributed by atoms with Crippen molar-refractivity contribution in [2.75, 3.05) is 26.3 Å². The summed E-state index contributed by atoms with van der Waals surface area (Å²) in [7, 11) is -3.68. The van der Waals surface area contributed by atoms with Crippen LogP contribution < -0.4 is 10.1 Å². The zero-order valence-electron chi connectivity index (χ0n) is 17.7. The number of halogens is 1. The van der Waals surface area contributed by atoms with E-state index in [1.54, 1.807) is 36.4 Å². The summed E-state index contributed by atoms with van der Waals surface area (Å²) in [4.78, 5) is 12.7. The molecule has 3 aromatic carbocycles. The molecule has 1 saturated heterocycles. The van der Waals surface area contributed by atoms with E-state index in [-0.39, 0.29) is 28.7 Å². The Bertz CT molecular complexity index is 1210. The number of hydrogen-bond acceptors (Lipinski definition) is 5. The van der Waals surface area contributed by atoms with E-state index >= 15 is 0 Å². The van der Waals surface area contributed by atoms with Gasteiger partial charge in [-0.2, -0.15) is 4.31 Å². The molecule has 172 valence electrons. The van der Waals surface area contributed by atoms with Gasteiger partial charge in [0.15, 0.2) is 0 Å². The first-order valence-corrected chi connectivity index (χ1v) is 11.8. The predicted molar refractivity (Wildman–Crippen MR) is 120 cm³/mol. The molecule has 1 amide bonds. The van der Waals surface area contributed by atoms with Crippen LogP contribution >= 0.6 is 0 Å². The van der Waals surface area contributed by atoms with Crippen molar-refractivity contribution in [2.45, 2.75) is 11.4 Å². The molecule has 0 aromatic heterocycles. The van der Waals surface area contributed by atoms with Crippen molar-refractivity contribution in [2.24, 2.45) is 0 Å². The molecule has 0 saturated carbocycles. The fraction of sp³-hybridized carbons (Fsp3) is 0.208. The maximum atomic E-state index is 13.0. The van der Waals surface area contributed by atoms with Crippen LogP contribution in [-0.2, 0) is 21.3 Å². The zero-order valence-corrected chi connectivity index (χ0v) is 18.6. The van der Waals surface area contributed by atoms with Gasteiger partial charge in [-0.05, 0) is 60.2 Å². The normalized spacial score (nSPS) is 14.6. The van der Waals surface area contributed by atoms with Crippen LogP contribution in [0.3, 0.4) is 0 Å². The van der Waals surface area contributed by atoms with Gasteiger partial charge in [-0.15, -0.1) is 0 Å². The van der Waals surface area contributed by atoms with Gasteiger partial charge in [-0.25, -0.2) is 12.8 Å². The van der Waals surface area contributed by atoms with Crippen LogP contribution in [0.4, 0.5) is 4.39 Å². The van der Waals surface area contributed by atoms with Gasteiger partial charge in [0, 0.05) is 25.2 Å². The number of amides is 1. The lowest BCUT2D eigenvalue weighted by molar-refractivity contribution is 0.0730. The standard InChI is InChI=1S/C24H23FN2O5S/c25-20-6-10-22(11-7-20)32-21-8-4-18(5-9-21)17-26-24(28)19-2-1-3-23(16-19)33(29,30)27-12-14-31-15-13-27/h1-11,16H,12-15,17H2,(H,26,28). The molecular weight excluding hydrogens is 447 g/mol. The Labute approximate surface area is 191 Å². The van der Waals surface area contributed by atoms with Gasteiger partial charge < -0.3 is 14.8 Å². The summed E-state index contributed by atoms with van der Waals surface area (Å²) in [6.45, 7) is 1.55. The van der Waals surface area contributed by atoms with Gasteiger partial charge in [0.1, 0.15) is 17.3 Å². The molecule has 0 aliphatic carbocycles. The number of hydrogen-bond donors (Lipinski definition) is 1. The van der Waals surface area contributed by atoms with Gasteiger partial charge in [-0.3, -0.25) is 4.79 Å². The second-order valence-corrected chi connectivity index (χ2v) is 9.36. The number of rotatable bonds is 7. The summed E-state index contributed by atoms with van der Waals surface area (Å²) in [5.41, 5.74) is 1.10. The quantitative estimate of drug-likeness (QED) is 0.571. The van der Waals surface area contributed by atoms with Gasteiger partial charge in [0.25, 0.3) is 5.91 Å². The molecule has 1 aliphatic heterocycles. The Morgan fingerprint density at radius 3 is 2.27 bits per heavy atom. The Balaban J connectivity index is 1.37. The van der Waals surface area contributed by atoms with E-state index < -0.39 is 10.0 Å². The van der Waals surface area contributed by atoms with E-state index in [0.29, 0.717) is 37.8 Å². The van der Waals surface area contributed by atoms with E-state index in [1.165, 1.54) is 40.7 Å². The van der Waals surface area contributed by atoms with Crippen LogP contribution in [-0.4, -0.2) is 44.9 Å². The SMILES string of the molecule is O=C(NCc1ccc(Oc2ccc(F)cc2)cc1)c1cccc(S(=O)(=O)N2CCOCC2)c1. The van der Waals surface area contributed by atoms with Gasteiger partial charge in [0.05, 0.1) is 18.1 Å². The lowest BCUT2D eigenvalue weighted by Crippen LogP contribution is -2.40. The van der Waals surface area contributed by atoms with Gasteiger partial charge in [-0.1, -0.05) is 18.2 Å². The number of nitrogens with zero attached hydrogens (tertiary/aromatic N) is 1. The Kier molecular flexibility index (Phi) is 7.02. The molecule has 0 radical (unpaired) electrons. The highest BCUT2D eigenvalue weighted by Crippen LogP contribution is 2.22. The first-order chi connectivity index (χ1) is 15.9. The third kappa shape index (κ3) is 5.75. The second-order valence-electron chi connectivity index (χ2n) is 7.43. The highest BCUT2D eigenvalue weighted by atomic mass is 32.2. The fourth-order valence-electron chi connectivity index (χ4n) is 3.33. The van der Waals surface area contributed by atoms with Crippen molar-refractivity contribution in [3.8, 4) is 11.5 Å². The van der Waals surface area contributed by atoms with Crippen molar-refractivity contribution in [3.05, 3.63) is 89.7 Å². The number of sulfonamides is 1. The predicted octanol–water partition coefficient (Wildman–Crippen LogP) is 3.57. The van der Waals surface area contributed by atoms with Crippen molar-refractivity contribution in [1.29, 1.82) is 0 Å². The van der Waals surface area contributed by atoms with E-state index in [9.17, 15) is 17.6 Å². The van der Waals surface area contributed by atoms with Gasteiger partial charge >= 0.3 is 0 Å². The average Bonchev–Trinajstić information content (AvgIpc) is 2.85. The van der Waals surface area contributed by atoms with Crippen molar-refractivity contribution in [3.63, 3.8) is 0 Å². The molecular formula is C24H23FN2O5S. The molecule has 0 unspecified atom stereocenters. The van der Waals surface area contributed by atoms with Crippen LogP contribution in [0.25, 0.3) is 0 Å². The molecule has 0 spiro atoms. The number of benzene rings is 3. The van der Waals surface area contributed by atoms with E-state index in [2.05, 4.69) is 5.32 Å². The molecule has 33 heavy (non-hydrogen) atoms. The lowest BCUT2D eigenvalue weighted by atomic mass is 10.2. The Hall–Kier alpha value is -3.27. The van der Waals surface area contributed by atoms with Crippen molar-refractivity contribution >= 4 is 15.9 Å². The number of nitrogens with one attached hydrogen (secondary N) is 1. The first-order valence-electron chi connectivity index (χ1n) is 10.4. The van der Waals surface area contributed by atoms with Crippen LogP contribution in [0.2, 0.25) is 0 Å². The number of carbonyl (C=O) groups is 1. The van der Waals surface area contributed by atoms with E-state index in [0.717, 1.165) is 5.56 Å². The minimum Gasteiger partial charge on any atom is -0.457 e. The molecule has 1 heterocycles. The summed E-state index contributed by atoms with van der Waals surface area (Å²) in [6.07, 6.45) is 0. The highest BCUT2D eigenvalue weighted by molar-refractivity contribution is 7.89. The number of morpholine rings is 1. The zero-order chi connectivity index (χ0) is 23.3. The third-order valence-corrected chi connectivity index (χ3v) is 7.02. The monoisotopic (exact) mass is 470 g/mol. The molecule has 4 rings (SSSR count). The maximum absolute atomic E-state index is 13.0. The average molecular weight is 471 g/mol. The maximum Gasteiger partial charge on any atom is 0.251 e. The molecule has 1 N–H and O–H groups in total. The van der Waals surface area contributed by atoms with Crippen LogP contribution in [0.1, 0.15) is 15.9 Å². The second kappa shape index (κ2) is 10.1. The summed E-state index contributed by atoms with van der Waals surface area (Å²) < 4.78 is 50.9. The van der Waals surface area contributed by atoms with Crippen LogP contribution in [0.15, 0.2) is 77.7 Å². The largest absolute Gasteiger partial charge is 0.457 e. The lowest BCUT2D eigenvalue weighted by Gasteiger charge is -2.26. The molecule has 1 fully saturated rings. The van der Waals surface area contributed by atoms with Crippen molar-refractivity contribution in [1.82, 2.24) is 9.62 Å². The Morgan fingerprint density at radius 1 is 0.970 bits per heavy atom. The molecule has 3 aromatic rings. The molecule has 7 nitrogen and oxygen atoms in total. The fourth-order valence-corrected chi connectivity index (χ4v) is 4.79. The molecule has 0 bridgehead atoms. The summed E-state index contributed by atoms with van der Waals surface area (Å²) in [5.74, 6) is 0.389. The number of ether oxygens (including phenoxy) is 2. The number of carbonyl (C=O) groups excluding carboxylic acids is 1. The van der Waals surface area contributed by atoms with Crippen molar-refractivity contribution < 1.29 is 27.1 Å². The van der Waals surface area contributed by atoms with Crippen LogP contribution in [0.5, 0.6) is 11.5 Å². The molecule has 0 atom stereocenters. The summed E-state index contributed by atoms with van der Waals surface area (Å²) in [5, 5.41) is 2.80. The highest BCUT2D eigenvalue weighted by Gasteiger charge is 2.26. The minimum absolute atomic E-state index is 0.0827. The smallest absolute Gasteiger partial charge is 0.251 e. The minimum atomic E-state index is -3.68.